The van der Waals surface area contributed by atoms with Crippen molar-refractivity contribution in [1.82, 2.24) is 10.2 Å². The lowest BCUT2D eigenvalue weighted by atomic mass is 9.94. The number of likely N-dealkylation sites (N-methyl/N-ethyl adjacent to an activating group) is 1. The van der Waals surface area contributed by atoms with Crippen LogP contribution in [0.5, 0.6) is 0 Å². The zero-order valence-corrected chi connectivity index (χ0v) is 9.96. The maximum absolute atomic E-state index is 10.3. The van der Waals surface area contributed by atoms with E-state index in [1.54, 1.807) is 0 Å². The number of hydrogen-bond acceptors (Lipinski definition) is 4. The Labute approximate surface area is 92.6 Å². The van der Waals surface area contributed by atoms with Crippen LogP contribution in [0.25, 0.3) is 0 Å². The van der Waals surface area contributed by atoms with Crippen molar-refractivity contribution in [1.29, 1.82) is 0 Å². The quantitative estimate of drug-likeness (QED) is 0.617. The maximum Gasteiger partial charge on any atom is 0.0817 e. The van der Waals surface area contributed by atoms with E-state index in [1.807, 2.05) is 7.05 Å². The van der Waals surface area contributed by atoms with Crippen LogP contribution in [0.15, 0.2) is 0 Å². The molecule has 1 saturated heterocycles. The Morgan fingerprint density at radius 3 is 2.67 bits per heavy atom. The fourth-order valence-corrected chi connectivity index (χ4v) is 2.02. The molecule has 0 aromatic heterocycles. The minimum absolute atomic E-state index is 0.521. The van der Waals surface area contributed by atoms with Crippen molar-refractivity contribution in [3.05, 3.63) is 0 Å². The van der Waals surface area contributed by atoms with Gasteiger partial charge in [-0.3, -0.25) is 0 Å². The topological polar surface area (TPSA) is 44.7 Å². The Balaban J connectivity index is 2.20. The lowest BCUT2D eigenvalue weighted by Crippen LogP contribution is -2.46. The summed E-state index contributed by atoms with van der Waals surface area (Å²) in [7, 11) is 4.04. The first-order valence-corrected chi connectivity index (χ1v) is 5.79. The van der Waals surface area contributed by atoms with Crippen molar-refractivity contribution < 1.29 is 9.84 Å². The minimum Gasteiger partial charge on any atom is -0.388 e. The number of hydrogen-bond donors (Lipinski definition) is 2. The van der Waals surface area contributed by atoms with Gasteiger partial charge in [0.15, 0.2) is 0 Å². The average Bonchev–Trinajstić information content (AvgIpc) is 2.18. The average molecular weight is 216 g/mol. The van der Waals surface area contributed by atoms with Crippen molar-refractivity contribution in [2.45, 2.75) is 24.9 Å². The highest BCUT2D eigenvalue weighted by molar-refractivity contribution is 4.83. The van der Waals surface area contributed by atoms with E-state index >= 15 is 0 Å². The van der Waals surface area contributed by atoms with Crippen LogP contribution in [-0.2, 0) is 4.74 Å². The maximum atomic E-state index is 10.3. The molecule has 0 atom stereocenters. The molecule has 0 spiro atoms. The van der Waals surface area contributed by atoms with E-state index in [0.29, 0.717) is 13.2 Å². The molecule has 1 heterocycles. The molecule has 2 N–H and O–H groups in total. The van der Waals surface area contributed by atoms with E-state index in [4.69, 9.17) is 4.74 Å². The zero-order chi connectivity index (χ0) is 11.1. The van der Waals surface area contributed by atoms with Crippen molar-refractivity contribution in [3.8, 4) is 0 Å². The molecule has 4 heteroatoms. The molecule has 0 saturated carbocycles. The Hall–Kier alpha value is -0.160. The molecule has 90 valence electrons. The van der Waals surface area contributed by atoms with E-state index in [2.05, 4.69) is 17.3 Å². The van der Waals surface area contributed by atoms with Crippen molar-refractivity contribution in [2.75, 3.05) is 46.9 Å². The van der Waals surface area contributed by atoms with Gasteiger partial charge in [0.1, 0.15) is 0 Å². The summed E-state index contributed by atoms with van der Waals surface area (Å²) in [4.78, 5) is 2.21. The number of nitrogens with zero attached hydrogens (tertiary/aromatic N) is 1. The van der Waals surface area contributed by atoms with E-state index in [9.17, 15) is 5.11 Å². The summed E-state index contributed by atoms with van der Waals surface area (Å²) in [5, 5.41) is 13.4. The van der Waals surface area contributed by atoms with Gasteiger partial charge in [0.2, 0.25) is 0 Å². The number of aliphatic hydroxyl groups is 1. The van der Waals surface area contributed by atoms with Crippen LogP contribution in [0.3, 0.4) is 0 Å². The van der Waals surface area contributed by atoms with Gasteiger partial charge in [0.25, 0.3) is 0 Å². The minimum atomic E-state index is -0.521. The molecular formula is C11H24N2O2. The molecule has 4 nitrogen and oxygen atoms in total. The smallest absolute Gasteiger partial charge is 0.0817 e. The van der Waals surface area contributed by atoms with Crippen molar-refractivity contribution >= 4 is 0 Å². The van der Waals surface area contributed by atoms with Crippen LogP contribution in [0.2, 0.25) is 0 Å². The van der Waals surface area contributed by atoms with E-state index < -0.39 is 5.60 Å². The fourth-order valence-electron chi connectivity index (χ4n) is 2.02. The van der Waals surface area contributed by atoms with Gasteiger partial charge >= 0.3 is 0 Å². The van der Waals surface area contributed by atoms with Gasteiger partial charge in [-0.25, -0.2) is 0 Å². The molecule has 0 aliphatic carbocycles. The van der Waals surface area contributed by atoms with Gasteiger partial charge in [-0.2, -0.15) is 0 Å². The van der Waals surface area contributed by atoms with Crippen LogP contribution in [0.4, 0.5) is 0 Å². The first kappa shape index (κ1) is 12.9. The Morgan fingerprint density at radius 1 is 1.40 bits per heavy atom. The van der Waals surface area contributed by atoms with Gasteiger partial charge in [-0.15, -0.1) is 0 Å². The monoisotopic (exact) mass is 216 g/mol. The fraction of sp³-hybridized carbons (Fsp3) is 1.00. The third-order valence-corrected chi connectivity index (χ3v) is 2.95. The van der Waals surface area contributed by atoms with Crippen LogP contribution in [0.1, 0.15) is 19.3 Å². The molecule has 0 aromatic carbocycles. The highest BCUT2D eigenvalue weighted by atomic mass is 16.5. The van der Waals surface area contributed by atoms with Gasteiger partial charge in [-0.05, 0) is 33.6 Å². The summed E-state index contributed by atoms with van der Waals surface area (Å²) in [6.07, 6.45) is 2.66. The van der Waals surface area contributed by atoms with Gasteiger partial charge in [-0.1, -0.05) is 0 Å². The van der Waals surface area contributed by atoms with E-state index in [0.717, 1.165) is 38.9 Å². The van der Waals surface area contributed by atoms with Crippen molar-refractivity contribution in [2.24, 2.45) is 0 Å². The largest absolute Gasteiger partial charge is 0.388 e. The third kappa shape index (κ3) is 4.93. The molecule has 15 heavy (non-hydrogen) atoms. The summed E-state index contributed by atoms with van der Waals surface area (Å²) in [6, 6.07) is 0. The van der Waals surface area contributed by atoms with Crippen LogP contribution in [-0.4, -0.2) is 62.6 Å². The second-order valence-corrected chi connectivity index (χ2v) is 4.53. The van der Waals surface area contributed by atoms with Crippen LogP contribution < -0.4 is 5.32 Å². The molecule has 0 bridgehead atoms. The Kier molecular flexibility index (Phi) is 5.53. The first-order chi connectivity index (χ1) is 7.16. The highest BCUT2D eigenvalue weighted by Gasteiger charge is 2.30. The Morgan fingerprint density at radius 2 is 2.07 bits per heavy atom. The first-order valence-electron chi connectivity index (χ1n) is 5.79. The van der Waals surface area contributed by atoms with Gasteiger partial charge in [0.05, 0.1) is 5.60 Å². The molecule has 1 fully saturated rings. The Bertz CT molecular complexity index is 170. The summed E-state index contributed by atoms with van der Waals surface area (Å²) in [6.45, 7) is 4.22. The second-order valence-electron chi connectivity index (χ2n) is 4.53. The molecule has 1 aliphatic heterocycles. The standard InChI is InChI=1S/C11H24N2O2/c1-12-6-3-7-13(2)10-11(14)4-8-15-9-5-11/h12,14H,3-10H2,1-2H3. The zero-order valence-electron chi connectivity index (χ0n) is 9.96. The van der Waals surface area contributed by atoms with Crippen LogP contribution >= 0.6 is 0 Å². The highest BCUT2D eigenvalue weighted by Crippen LogP contribution is 2.21. The normalized spacial score (nSPS) is 20.8. The summed E-state index contributed by atoms with van der Waals surface area (Å²) < 4.78 is 5.26. The molecule has 0 aromatic rings. The predicted octanol–water partition coefficient (Wildman–Crippen LogP) is 0.0692. The molecule has 0 radical (unpaired) electrons. The number of rotatable bonds is 6. The predicted molar refractivity (Wildman–Crippen MR) is 61.0 cm³/mol. The van der Waals surface area contributed by atoms with Crippen LogP contribution in [0, 0.1) is 0 Å². The van der Waals surface area contributed by atoms with E-state index in [-0.39, 0.29) is 0 Å². The molecule has 0 amide bonds. The van der Waals surface area contributed by atoms with E-state index in [1.165, 1.54) is 0 Å². The number of ether oxygens (including phenoxy) is 1. The lowest BCUT2D eigenvalue weighted by Gasteiger charge is -2.35. The molecule has 0 unspecified atom stereocenters. The molecular weight excluding hydrogens is 192 g/mol. The van der Waals surface area contributed by atoms with Gasteiger partial charge in [0, 0.05) is 32.6 Å². The summed E-state index contributed by atoms with van der Waals surface area (Å²) in [5.74, 6) is 0. The lowest BCUT2D eigenvalue weighted by molar-refractivity contribution is -0.0768. The summed E-state index contributed by atoms with van der Waals surface area (Å²) >= 11 is 0. The third-order valence-electron chi connectivity index (χ3n) is 2.95. The molecule has 1 rings (SSSR count). The van der Waals surface area contributed by atoms with Gasteiger partial charge < -0.3 is 20.1 Å². The van der Waals surface area contributed by atoms with Crippen molar-refractivity contribution in [3.63, 3.8) is 0 Å². The molecule has 1 aliphatic rings. The SMILES string of the molecule is CNCCCN(C)CC1(O)CCOCC1. The second kappa shape index (κ2) is 6.43. The number of nitrogens with one attached hydrogen (secondary N) is 1. The summed E-state index contributed by atoms with van der Waals surface area (Å²) in [5.41, 5.74) is -0.521.